The molecule has 1 aromatic carbocycles. The summed E-state index contributed by atoms with van der Waals surface area (Å²) in [6, 6.07) is 5.77. The monoisotopic (exact) mass is 1070 g/mol. The third-order valence-corrected chi connectivity index (χ3v) is 14.7. The van der Waals surface area contributed by atoms with E-state index in [2.05, 4.69) is 5.32 Å². The number of nitrogens with one attached hydrogen (secondary N) is 1. The number of aliphatic hydroxyl groups is 14. The van der Waals surface area contributed by atoms with Crippen LogP contribution in [0, 0.1) is 5.41 Å². The Bertz CT molecular complexity index is 1920. The van der Waals surface area contributed by atoms with Gasteiger partial charge in [-0.25, -0.2) is 0 Å². The number of carbonyl (C=O) groups is 1. The van der Waals surface area contributed by atoms with E-state index in [1.165, 1.54) is 7.11 Å². The van der Waals surface area contributed by atoms with Crippen molar-refractivity contribution in [2.45, 2.75) is 186 Å². The fourth-order valence-electron chi connectivity index (χ4n) is 10.0. The minimum Gasteiger partial charge on any atom is -0.462 e. The molecule has 6 heterocycles. The summed E-state index contributed by atoms with van der Waals surface area (Å²) in [5.41, 5.74) is 6.40. The smallest absolute Gasteiger partial charge is 0.237 e. The van der Waals surface area contributed by atoms with E-state index in [4.69, 9.17) is 62.6 Å². The Hall–Kier alpha value is -2.55. The highest BCUT2D eigenvalue weighted by Gasteiger charge is 2.57. The molecule has 6 saturated heterocycles. The number of carbonyl (C=O) groups excluding carboxylic acids is 1. The van der Waals surface area contributed by atoms with Crippen molar-refractivity contribution in [3.05, 3.63) is 29.8 Å². The van der Waals surface area contributed by atoms with Gasteiger partial charge < -0.3 is 139 Å². The van der Waals surface area contributed by atoms with E-state index in [1.54, 1.807) is 24.3 Å². The highest BCUT2D eigenvalue weighted by Crippen LogP contribution is 2.37. The average Bonchev–Trinajstić information content (AvgIpc) is 3.58. The Balaban J connectivity index is 0.952. The van der Waals surface area contributed by atoms with Crippen LogP contribution in [0.1, 0.15) is 19.4 Å². The van der Waals surface area contributed by atoms with Gasteiger partial charge in [0.05, 0.1) is 39.1 Å². The van der Waals surface area contributed by atoms with E-state index in [0.29, 0.717) is 6.42 Å². The maximum atomic E-state index is 12.2. The number of hydrogen-bond donors (Lipinski definition) is 16. The van der Waals surface area contributed by atoms with Crippen molar-refractivity contribution in [2.24, 2.45) is 11.1 Å². The molecule has 6 aliphatic heterocycles. The lowest BCUT2D eigenvalue weighted by atomic mass is 9.79. The van der Waals surface area contributed by atoms with E-state index in [0.717, 1.165) is 12.7 Å². The molecule has 0 spiro atoms. The van der Waals surface area contributed by atoms with E-state index >= 15 is 0 Å². The largest absolute Gasteiger partial charge is 0.462 e. The molecule has 0 aliphatic carbocycles. The standard InChI is InChI=1S/C45H72N2O27/c1-45(2)22(47-39(62)38(45)46)9-15-5-7-16(8-6-15)65-40-28(58)24(54)35(20(13-51)67-40)74-44-37(64-4)31(61)36(21(14-52)70-44)73-43-30(60)26(56)34(19(12-50)69-43)72-42-29(59)25(55)33(18(11-49)68-42)71-41-27(57)23(53)32(63-3)17(10-48)66-41/h5-8,17-38,40-44,48-61H,9-14,46H2,1-4H3,(H,47,62). The summed E-state index contributed by atoms with van der Waals surface area (Å²) in [6.45, 7) is -0.426. The second-order valence-corrected chi connectivity index (χ2v) is 19.7. The third-order valence-electron chi connectivity index (χ3n) is 14.7. The van der Waals surface area contributed by atoms with E-state index < -0.39 is 198 Å². The first-order valence-corrected chi connectivity index (χ1v) is 24.1. The fourth-order valence-corrected chi connectivity index (χ4v) is 10.0. The summed E-state index contributed by atoms with van der Waals surface area (Å²) in [5, 5.41) is 154. The van der Waals surface area contributed by atoms with Crippen molar-refractivity contribution < 1.29 is 133 Å². The fraction of sp³-hybridized carbons (Fsp3) is 0.844. The van der Waals surface area contributed by atoms with Crippen LogP contribution in [0.2, 0.25) is 0 Å². The average molecular weight is 1070 g/mol. The van der Waals surface area contributed by atoms with Gasteiger partial charge in [0.2, 0.25) is 12.2 Å². The van der Waals surface area contributed by atoms with Gasteiger partial charge in [-0.3, -0.25) is 4.79 Å². The molecule has 27 atom stereocenters. The van der Waals surface area contributed by atoms with Crippen LogP contribution in [0.25, 0.3) is 0 Å². The molecule has 0 bridgehead atoms. The van der Waals surface area contributed by atoms with Crippen molar-refractivity contribution in [1.82, 2.24) is 5.32 Å². The number of ether oxygens (including phenoxy) is 12. The topological polar surface area (TPSA) is 449 Å². The van der Waals surface area contributed by atoms with Crippen molar-refractivity contribution >= 4 is 5.91 Å². The van der Waals surface area contributed by atoms with Crippen molar-refractivity contribution in [3.8, 4) is 5.75 Å². The van der Waals surface area contributed by atoms with Gasteiger partial charge in [0, 0.05) is 25.7 Å². The summed E-state index contributed by atoms with van der Waals surface area (Å²) in [6.07, 6.45) is -42.1. The number of benzene rings is 1. The molecule has 27 unspecified atom stereocenters. The molecular formula is C45H72N2O27. The van der Waals surface area contributed by atoms with Gasteiger partial charge in [-0.15, -0.1) is 0 Å². The number of hydrogen-bond acceptors (Lipinski definition) is 28. The Labute approximate surface area is 423 Å². The van der Waals surface area contributed by atoms with E-state index in [9.17, 15) is 76.3 Å². The predicted molar refractivity (Wildman–Crippen MR) is 238 cm³/mol. The van der Waals surface area contributed by atoms with Crippen LogP contribution in [0.3, 0.4) is 0 Å². The Morgan fingerprint density at radius 3 is 1.20 bits per heavy atom. The zero-order chi connectivity index (χ0) is 54.1. The number of amides is 1. The van der Waals surface area contributed by atoms with Gasteiger partial charge in [0.1, 0.15) is 128 Å². The molecule has 17 N–H and O–H groups in total. The molecule has 74 heavy (non-hydrogen) atoms. The van der Waals surface area contributed by atoms with Crippen LogP contribution in [-0.4, -0.2) is 290 Å². The van der Waals surface area contributed by atoms with Crippen molar-refractivity contribution in [2.75, 3.05) is 47.3 Å². The molecule has 0 aromatic heterocycles. The second kappa shape index (κ2) is 25.1. The molecule has 6 aliphatic rings. The first kappa shape index (κ1) is 59.1. The third kappa shape index (κ3) is 11.9. The normalized spacial score (nSPS) is 46.8. The SMILES string of the molecule is COC1C(CO)OC(OC2C(CO)OC(OC3C(CO)OC(OC4C(CO)OC(OC5C(CO)OC(Oc6ccc(CC7NC(=O)C(N)C7(C)C)cc6)C(O)C5O)C(OC)C4O)C(O)C3O)C(O)C2O)C(O)C1O. The first-order valence-electron chi connectivity index (χ1n) is 24.1. The number of rotatable bonds is 19. The van der Waals surface area contributed by atoms with Gasteiger partial charge in [-0.2, -0.15) is 0 Å². The summed E-state index contributed by atoms with van der Waals surface area (Å²) in [4.78, 5) is 12.2. The first-order chi connectivity index (χ1) is 35.2. The molecule has 29 nitrogen and oxygen atoms in total. The second-order valence-electron chi connectivity index (χ2n) is 19.7. The Morgan fingerprint density at radius 2 is 0.824 bits per heavy atom. The van der Waals surface area contributed by atoms with Gasteiger partial charge in [0.25, 0.3) is 0 Å². The van der Waals surface area contributed by atoms with E-state index in [1.807, 2.05) is 13.8 Å². The van der Waals surface area contributed by atoms with Crippen LogP contribution >= 0.6 is 0 Å². The molecule has 0 radical (unpaired) electrons. The minimum atomic E-state index is -2.09. The quantitative estimate of drug-likeness (QED) is 0.0612. The maximum Gasteiger partial charge on any atom is 0.237 e. The molecule has 424 valence electrons. The Morgan fingerprint density at radius 1 is 0.486 bits per heavy atom. The van der Waals surface area contributed by atoms with Crippen LogP contribution < -0.4 is 15.8 Å². The lowest BCUT2D eigenvalue weighted by Gasteiger charge is -2.50. The molecule has 29 heteroatoms. The van der Waals surface area contributed by atoms with Gasteiger partial charge >= 0.3 is 0 Å². The highest BCUT2D eigenvalue weighted by atomic mass is 16.8. The van der Waals surface area contributed by atoms with Crippen molar-refractivity contribution in [3.63, 3.8) is 0 Å². The van der Waals surface area contributed by atoms with Gasteiger partial charge in [-0.05, 0) is 24.1 Å². The number of methoxy groups -OCH3 is 2. The maximum absolute atomic E-state index is 12.2. The zero-order valence-corrected chi connectivity index (χ0v) is 40.8. The van der Waals surface area contributed by atoms with Gasteiger partial charge in [-0.1, -0.05) is 26.0 Å². The van der Waals surface area contributed by atoms with E-state index in [-0.39, 0.29) is 17.7 Å². The molecular weight excluding hydrogens is 1000 g/mol. The van der Waals surface area contributed by atoms with Crippen LogP contribution in [0.5, 0.6) is 5.75 Å². The number of nitrogens with two attached hydrogens (primary N) is 1. The predicted octanol–water partition coefficient (Wildman–Crippen LogP) is -9.14. The summed E-state index contributed by atoms with van der Waals surface area (Å²) < 4.78 is 68.3. The molecule has 1 aromatic rings. The molecule has 0 saturated carbocycles. The summed E-state index contributed by atoms with van der Waals surface area (Å²) >= 11 is 0. The molecule has 6 fully saturated rings. The van der Waals surface area contributed by atoms with Crippen LogP contribution in [0.15, 0.2) is 24.3 Å². The zero-order valence-electron chi connectivity index (χ0n) is 40.8. The highest BCUT2D eigenvalue weighted by molar-refractivity contribution is 5.85. The lowest BCUT2D eigenvalue weighted by molar-refractivity contribution is -0.393. The summed E-state index contributed by atoms with van der Waals surface area (Å²) in [7, 11) is 2.35. The minimum absolute atomic E-state index is 0.223. The Kier molecular flexibility index (Phi) is 20.0. The molecule has 1 amide bonds. The number of aliphatic hydroxyl groups excluding tert-OH is 14. The van der Waals surface area contributed by atoms with Crippen molar-refractivity contribution in [1.29, 1.82) is 0 Å². The van der Waals surface area contributed by atoms with Crippen LogP contribution in [0.4, 0.5) is 0 Å². The lowest BCUT2D eigenvalue weighted by Crippen LogP contribution is -2.68. The summed E-state index contributed by atoms with van der Waals surface area (Å²) in [5.74, 6) is -0.0188. The van der Waals surface area contributed by atoms with Gasteiger partial charge in [0.15, 0.2) is 25.2 Å². The van der Waals surface area contributed by atoms with Crippen LogP contribution in [-0.2, 0) is 63.3 Å². The molecule has 7 rings (SSSR count).